The molecule has 112 valence electrons. The van der Waals surface area contributed by atoms with E-state index in [0.717, 1.165) is 10.2 Å². The SMILES string of the molecule is O=S(=O)(NCCCOc1ccccc1)c1cccc(Br)c1. The van der Waals surface area contributed by atoms with Crippen LogP contribution in [0.3, 0.4) is 0 Å². The van der Waals surface area contributed by atoms with E-state index in [9.17, 15) is 8.42 Å². The van der Waals surface area contributed by atoms with Crippen molar-refractivity contribution in [2.24, 2.45) is 0 Å². The van der Waals surface area contributed by atoms with Crippen molar-refractivity contribution in [1.82, 2.24) is 4.72 Å². The fraction of sp³-hybridized carbons (Fsp3) is 0.200. The van der Waals surface area contributed by atoms with Crippen LogP contribution in [0.4, 0.5) is 0 Å². The van der Waals surface area contributed by atoms with Crippen molar-refractivity contribution in [3.05, 3.63) is 59.1 Å². The van der Waals surface area contributed by atoms with E-state index in [1.807, 2.05) is 30.3 Å². The van der Waals surface area contributed by atoms with E-state index in [1.165, 1.54) is 0 Å². The number of hydrogen-bond acceptors (Lipinski definition) is 3. The van der Waals surface area contributed by atoms with E-state index in [4.69, 9.17) is 4.74 Å². The second kappa shape index (κ2) is 7.59. The van der Waals surface area contributed by atoms with Crippen molar-refractivity contribution in [2.45, 2.75) is 11.3 Å². The number of hydrogen-bond donors (Lipinski definition) is 1. The average molecular weight is 370 g/mol. The highest BCUT2D eigenvalue weighted by Crippen LogP contribution is 2.15. The molecule has 0 aliphatic heterocycles. The molecule has 0 unspecified atom stereocenters. The van der Waals surface area contributed by atoms with Gasteiger partial charge in [0.1, 0.15) is 5.75 Å². The van der Waals surface area contributed by atoms with Gasteiger partial charge in [-0.25, -0.2) is 13.1 Å². The fourth-order valence-corrected chi connectivity index (χ4v) is 3.37. The molecule has 0 heterocycles. The standard InChI is InChI=1S/C15H16BrNO3S/c16-13-6-4-9-15(12-13)21(18,19)17-10-5-11-20-14-7-2-1-3-8-14/h1-4,6-9,12,17H,5,10-11H2. The molecule has 0 fully saturated rings. The van der Waals surface area contributed by atoms with Crippen LogP contribution in [0, 0.1) is 0 Å². The molecule has 0 aromatic heterocycles. The first-order valence-electron chi connectivity index (χ1n) is 6.51. The Bertz CT molecular complexity index is 674. The van der Waals surface area contributed by atoms with Gasteiger partial charge in [0.2, 0.25) is 10.0 Å². The zero-order valence-corrected chi connectivity index (χ0v) is 13.7. The topological polar surface area (TPSA) is 55.4 Å². The maximum atomic E-state index is 12.0. The minimum atomic E-state index is -3.46. The molecular formula is C15H16BrNO3S. The summed E-state index contributed by atoms with van der Waals surface area (Å²) in [4.78, 5) is 0.251. The third-order valence-corrected chi connectivity index (χ3v) is 4.68. The summed E-state index contributed by atoms with van der Waals surface area (Å²) in [6.07, 6.45) is 0.599. The molecule has 0 spiro atoms. The Morgan fingerprint density at radius 3 is 2.52 bits per heavy atom. The first kappa shape index (κ1) is 16.0. The van der Waals surface area contributed by atoms with Crippen molar-refractivity contribution in [3.63, 3.8) is 0 Å². The fourth-order valence-electron chi connectivity index (χ4n) is 1.70. The van der Waals surface area contributed by atoms with Gasteiger partial charge in [0, 0.05) is 11.0 Å². The molecule has 0 radical (unpaired) electrons. The van der Waals surface area contributed by atoms with Crippen LogP contribution >= 0.6 is 15.9 Å². The third kappa shape index (κ3) is 5.15. The Labute approximate surface area is 133 Å². The first-order chi connectivity index (χ1) is 10.1. The summed E-state index contributed by atoms with van der Waals surface area (Å²) in [5.41, 5.74) is 0. The van der Waals surface area contributed by atoms with Gasteiger partial charge in [0.15, 0.2) is 0 Å². The Kier molecular flexibility index (Phi) is 5.78. The summed E-state index contributed by atoms with van der Waals surface area (Å²) in [5.74, 6) is 0.785. The summed E-state index contributed by atoms with van der Waals surface area (Å²) < 4.78 is 32.9. The van der Waals surface area contributed by atoms with Crippen molar-refractivity contribution in [2.75, 3.05) is 13.2 Å². The summed E-state index contributed by atoms with van der Waals surface area (Å²) in [6, 6.07) is 16.0. The largest absolute Gasteiger partial charge is 0.494 e. The normalized spacial score (nSPS) is 11.3. The van der Waals surface area contributed by atoms with E-state index < -0.39 is 10.0 Å². The van der Waals surface area contributed by atoms with Gasteiger partial charge in [-0.3, -0.25) is 0 Å². The van der Waals surface area contributed by atoms with Crippen LogP contribution in [0.15, 0.2) is 64.0 Å². The lowest BCUT2D eigenvalue weighted by molar-refractivity contribution is 0.311. The molecule has 2 aromatic carbocycles. The Morgan fingerprint density at radius 1 is 1.05 bits per heavy atom. The lowest BCUT2D eigenvalue weighted by Crippen LogP contribution is -2.25. The van der Waals surface area contributed by atoms with Crippen molar-refractivity contribution in [1.29, 1.82) is 0 Å². The molecule has 6 heteroatoms. The second-order valence-corrected chi connectivity index (χ2v) is 7.05. The van der Waals surface area contributed by atoms with E-state index >= 15 is 0 Å². The summed E-state index contributed by atoms with van der Waals surface area (Å²) in [6.45, 7) is 0.798. The van der Waals surface area contributed by atoms with Crippen LogP contribution in [-0.2, 0) is 10.0 Å². The molecule has 0 amide bonds. The minimum absolute atomic E-state index is 0.251. The molecule has 4 nitrogen and oxygen atoms in total. The molecule has 0 saturated carbocycles. The van der Waals surface area contributed by atoms with Gasteiger partial charge >= 0.3 is 0 Å². The zero-order valence-electron chi connectivity index (χ0n) is 11.3. The van der Waals surface area contributed by atoms with Crippen LogP contribution in [0.5, 0.6) is 5.75 Å². The quantitative estimate of drug-likeness (QED) is 0.762. The molecule has 0 aliphatic carbocycles. The maximum Gasteiger partial charge on any atom is 0.240 e. The first-order valence-corrected chi connectivity index (χ1v) is 8.79. The minimum Gasteiger partial charge on any atom is -0.494 e. The molecule has 0 aliphatic rings. The number of nitrogens with one attached hydrogen (secondary N) is 1. The zero-order chi connectivity index (χ0) is 15.1. The van der Waals surface area contributed by atoms with Crippen LogP contribution in [-0.4, -0.2) is 21.6 Å². The van der Waals surface area contributed by atoms with Crippen molar-refractivity contribution < 1.29 is 13.2 Å². The van der Waals surface area contributed by atoms with Crippen LogP contribution in [0.2, 0.25) is 0 Å². The number of rotatable bonds is 7. The van der Waals surface area contributed by atoms with E-state index in [-0.39, 0.29) is 4.90 Å². The van der Waals surface area contributed by atoms with Gasteiger partial charge in [-0.15, -0.1) is 0 Å². The van der Waals surface area contributed by atoms with Gasteiger partial charge < -0.3 is 4.74 Å². The molecule has 2 aromatic rings. The summed E-state index contributed by atoms with van der Waals surface area (Å²) in [5, 5.41) is 0. The van der Waals surface area contributed by atoms with E-state index in [2.05, 4.69) is 20.7 Å². The smallest absolute Gasteiger partial charge is 0.240 e. The van der Waals surface area contributed by atoms with Gasteiger partial charge in [0.05, 0.1) is 11.5 Å². The average Bonchev–Trinajstić information content (AvgIpc) is 2.48. The predicted molar refractivity (Wildman–Crippen MR) is 85.9 cm³/mol. The highest BCUT2D eigenvalue weighted by molar-refractivity contribution is 9.10. The van der Waals surface area contributed by atoms with Crippen molar-refractivity contribution in [3.8, 4) is 5.75 Å². The van der Waals surface area contributed by atoms with Gasteiger partial charge in [-0.2, -0.15) is 0 Å². The Hall–Kier alpha value is -1.37. The number of sulfonamides is 1. The number of para-hydroxylation sites is 1. The molecule has 0 saturated heterocycles. The molecule has 2 rings (SSSR count). The highest BCUT2D eigenvalue weighted by Gasteiger charge is 2.13. The van der Waals surface area contributed by atoms with Gasteiger partial charge in [0.25, 0.3) is 0 Å². The molecule has 21 heavy (non-hydrogen) atoms. The number of halogens is 1. The molecular weight excluding hydrogens is 354 g/mol. The maximum absolute atomic E-state index is 12.0. The van der Waals surface area contributed by atoms with E-state index in [1.54, 1.807) is 24.3 Å². The summed E-state index contributed by atoms with van der Waals surface area (Å²) >= 11 is 3.26. The second-order valence-electron chi connectivity index (χ2n) is 4.37. The monoisotopic (exact) mass is 369 g/mol. The van der Waals surface area contributed by atoms with Crippen molar-refractivity contribution >= 4 is 26.0 Å². The van der Waals surface area contributed by atoms with Gasteiger partial charge in [-0.1, -0.05) is 40.2 Å². The molecule has 1 N–H and O–H groups in total. The summed E-state index contributed by atoms with van der Waals surface area (Å²) in [7, 11) is -3.46. The predicted octanol–water partition coefficient (Wildman–Crippen LogP) is 3.20. The van der Waals surface area contributed by atoms with E-state index in [0.29, 0.717) is 19.6 Å². The third-order valence-electron chi connectivity index (χ3n) is 2.73. The van der Waals surface area contributed by atoms with Gasteiger partial charge in [-0.05, 0) is 36.8 Å². The van der Waals surface area contributed by atoms with Crippen LogP contribution in [0.25, 0.3) is 0 Å². The Balaban J connectivity index is 1.78. The Morgan fingerprint density at radius 2 is 1.81 bits per heavy atom. The lowest BCUT2D eigenvalue weighted by Gasteiger charge is -2.08. The highest BCUT2D eigenvalue weighted by atomic mass is 79.9. The number of benzene rings is 2. The number of ether oxygens (including phenoxy) is 1. The van der Waals surface area contributed by atoms with Crippen LogP contribution < -0.4 is 9.46 Å². The van der Waals surface area contributed by atoms with Crippen LogP contribution in [0.1, 0.15) is 6.42 Å². The molecule has 0 bridgehead atoms. The molecule has 0 atom stereocenters. The lowest BCUT2D eigenvalue weighted by atomic mass is 10.3.